The standard InChI is InChI=1S/C32H47N9O4/c1-20-17-23(42)18-21(2)24(20)19-27(39-29(43)25(34)11-8-16-37-32(35)36)30(44)38-26(12-6-7-15-33)31-40-28(41-45-31)14-13-22-9-4-3-5-10-22/h3-5,9-10,17-18,25-27,42H,6-8,11-16,19,33-34H2,1-2H3,(H,38,44)(H,39,43)(H4,35,36,37)/t25-,26-,27+/m1/s1. The Balaban J connectivity index is 1.79. The molecule has 0 spiro atoms. The smallest absolute Gasteiger partial charge is 0.249 e. The molecule has 0 saturated carbocycles. The van der Waals surface area contributed by atoms with Crippen LogP contribution in [-0.2, 0) is 28.9 Å². The van der Waals surface area contributed by atoms with Crippen molar-refractivity contribution in [2.45, 2.75) is 83.3 Å². The average Bonchev–Trinajstić information content (AvgIpc) is 3.48. The topological polar surface area (TPSA) is 234 Å². The van der Waals surface area contributed by atoms with E-state index >= 15 is 0 Å². The van der Waals surface area contributed by atoms with E-state index in [4.69, 9.17) is 27.5 Å². The van der Waals surface area contributed by atoms with Gasteiger partial charge in [0, 0.05) is 19.4 Å². The number of aryl methyl sites for hydroxylation is 4. The number of guanidine groups is 1. The lowest BCUT2D eigenvalue weighted by molar-refractivity contribution is -0.130. The number of nitrogens with two attached hydrogens (primary N) is 4. The number of aromatic nitrogens is 2. The molecule has 1 heterocycles. The minimum Gasteiger partial charge on any atom is -0.508 e. The number of rotatable bonds is 18. The van der Waals surface area contributed by atoms with Crippen LogP contribution in [0.5, 0.6) is 5.75 Å². The number of unbranched alkanes of at least 4 members (excludes halogenated alkanes) is 1. The summed E-state index contributed by atoms with van der Waals surface area (Å²) in [6.07, 6.45) is 4.31. The summed E-state index contributed by atoms with van der Waals surface area (Å²) in [5.41, 5.74) is 26.2. The van der Waals surface area contributed by atoms with Crippen molar-refractivity contribution in [3.05, 3.63) is 76.4 Å². The van der Waals surface area contributed by atoms with Crippen LogP contribution in [0, 0.1) is 13.8 Å². The van der Waals surface area contributed by atoms with Crippen LogP contribution in [0.1, 0.15) is 72.1 Å². The third kappa shape index (κ3) is 11.5. The zero-order chi connectivity index (χ0) is 32.8. The van der Waals surface area contributed by atoms with Gasteiger partial charge in [0.05, 0.1) is 6.04 Å². The summed E-state index contributed by atoms with van der Waals surface area (Å²) in [5, 5.41) is 20.1. The maximum Gasteiger partial charge on any atom is 0.249 e. The third-order valence-corrected chi connectivity index (χ3v) is 7.55. The van der Waals surface area contributed by atoms with E-state index in [9.17, 15) is 14.7 Å². The van der Waals surface area contributed by atoms with Crippen LogP contribution in [0.2, 0.25) is 0 Å². The van der Waals surface area contributed by atoms with Crippen molar-refractivity contribution in [1.29, 1.82) is 0 Å². The van der Waals surface area contributed by atoms with Crippen molar-refractivity contribution < 1.29 is 19.2 Å². The largest absolute Gasteiger partial charge is 0.508 e. The first-order valence-corrected chi connectivity index (χ1v) is 15.3. The summed E-state index contributed by atoms with van der Waals surface area (Å²) in [6, 6.07) is 10.8. The number of aromatic hydroxyl groups is 1. The Bertz CT molecular complexity index is 1380. The number of amides is 2. The SMILES string of the molecule is Cc1cc(O)cc(C)c1C[C@H](NC(=O)[C@H](N)CCCN=C(N)N)C(=O)N[C@H](CCCCN)c1nc(CCc2ccccc2)no1. The highest BCUT2D eigenvalue weighted by atomic mass is 16.5. The molecule has 13 heteroatoms. The molecule has 2 amide bonds. The second-order valence-electron chi connectivity index (χ2n) is 11.3. The molecule has 0 aliphatic carbocycles. The molecule has 0 aliphatic rings. The van der Waals surface area contributed by atoms with Crippen molar-refractivity contribution >= 4 is 17.8 Å². The molecule has 1 aromatic heterocycles. The van der Waals surface area contributed by atoms with Gasteiger partial charge in [-0.25, -0.2) is 0 Å². The van der Waals surface area contributed by atoms with E-state index < -0.39 is 29.9 Å². The summed E-state index contributed by atoms with van der Waals surface area (Å²) >= 11 is 0. The first-order chi connectivity index (χ1) is 21.6. The molecule has 0 fully saturated rings. The fourth-order valence-electron chi connectivity index (χ4n) is 5.07. The van der Waals surface area contributed by atoms with Crippen molar-refractivity contribution in [2.24, 2.45) is 27.9 Å². The molecular weight excluding hydrogens is 574 g/mol. The molecule has 244 valence electrons. The summed E-state index contributed by atoms with van der Waals surface area (Å²) < 4.78 is 5.62. The predicted molar refractivity (Wildman–Crippen MR) is 173 cm³/mol. The second-order valence-corrected chi connectivity index (χ2v) is 11.3. The summed E-state index contributed by atoms with van der Waals surface area (Å²) in [4.78, 5) is 35.6. The number of nitrogens with zero attached hydrogens (tertiary/aromatic N) is 3. The lowest BCUT2D eigenvalue weighted by Crippen LogP contribution is -2.53. The summed E-state index contributed by atoms with van der Waals surface area (Å²) in [7, 11) is 0. The zero-order valence-corrected chi connectivity index (χ0v) is 26.2. The van der Waals surface area contributed by atoms with E-state index in [0.717, 1.165) is 41.5 Å². The average molecular weight is 622 g/mol. The van der Waals surface area contributed by atoms with Crippen LogP contribution in [0.15, 0.2) is 52.0 Å². The summed E-state index contributed by atoms with van der Waals surface area (Å²) in [5.74, 6) is 0.0241. The Kier molecular flexibility index (Phi) is 13.8. The fraction of sp³-hybridized carbons (Fsp3) is 0.469. The molecule has 13 nitrogen and oxygen atoms in total. The molecule has 0 unspecified atom stereocenters. The molecule has 0 radical (unpaired) electrons. The quantitative estimate of drug-likeness (QED) is 0.0615. The molecule has 3 rings (SSSR count). The minimum atomic E-state index is -0.972. The lowest BCUT2D eigenvalue weighted by atomic mass is 9.95. The molecule has 2 aromatic carbocycles. The predicted octanol–water partition coefficient (Wildman–Crippen LogP) is 1.57. The van der Waals surface area contributed by atoms with E-state index in [1.807, 2.05) is 44.2 Å². The second kappa shape index (κ2) is 17.7. The van der Waals surface area contributed by atoms with Crippen LogP contribution in [0.3, 0.4) is 0 Å². The minimum absolute atomic E-state index is 0.0324. The number of nitrogens with one attached hydrogen (secondary N) is 2. The first kappa shape index (κ1) is 35.0. The van der Waals surface area contributed by atoms with Gasteiger partial charge in [0.25, 0.3) is 0 Å². The van der Waals surface area contributed by atoms with Gasteiger partial charge in [-0.1, -0.05) is 35.5 Å². The molecule has 0 saturated heterocycles. The molecule has 45 heavy (non-hydrogen) atoms. The van der Waals surface area contributed by atoms with Gasteiger partial charge in [0.15, 0.2) is 11.8 Å². The van der Waals surface area contributed by atoms with Gasteiger partial charge in [0.1, 0.15) is 17.8 Å². The third-order valence-electron chi connectivity index (χ3n) is 7.55. The van der Waals surface area contributed by atoms with E-state index in [2.05, 4.69) is 25.8 Å². The van der Waals surface area contributed by atoms with E-state index in [1.165, 1.54) is 0 Å². The van der Waals surface area contributed by atoms with Crippen molar-refractivity contribution in [1.82, 2.24) is 20.8 Å². The van der Waals surface area contributed by atoms with Crippen LogP contribution in [-0.4, -0.2) is 58.2 Å². The number of benzene rings is 2. The molecule has 3 atom stereocenters. The number of carbonyl (C=O) groups excluding carboxylic acids is 2. The van der Waals surface area contributed by atoms with Crippen LogP contribution in [0.25, 0.3) is 0 Å². The molecule has 11 N–H and O–H groups in total. The monoisotopic (exact) mass is 621 g/mol. The Morgan fingerprint density at radius 2 is 1.69 bits per heavy atom. The number of phenols is 1. The number of hydrogen-bond acceptors (Lipinski definition) is 9. The van der Waals surface area contributed by atoms with Crippen molar-refractivity contribution in [2.75, 3.05) is 13.1 Å². The van der Waals surface area contributed by atoms with Crippen LogP contribution >= 0.6 is 0 Å². The van der Waals surface area contributed by atoms with Gasteiger partial charge in [-0.3, -0.25) is 14.6 Å². The highest BCUT2D eigenvalue weighted by Crippen LogP contribution is 2.23. The highest BCUT2D eigenvalue weighted by molar-refractivity contribution is 5.90. The maximum atomic E-state index is 13.9. The normalized spacial score (nSPS) is 13.1. The highest BCUT2D eigenvalue weighted by Gasteiger charge is 2.29. The Morgan fingerprint density at radius 3 is 2.36 bits per heavy atom. The van der Waals surface area contributed by atoms with Crippen LogP contribution in [0.4, 0.5) is 0 Å². The Labute approximate surface area is 264 Å². The lowest BCUT2D eigenvalue weighted by Gasteiger charge is -2.24. The van der Waals surface area contributed by atoms with Crippen molar-refractivity contribution in [3.8, 4) is 5.75 Å². The molecule has 0 bridgehead atoms. The van der Waals surface area contributed by atoms with Gasteiger partial charge in [-0.2, -0.15) is 4.98 Å². The first-order valence-electron chi connectivity index (χ1n) is 15.3. The van der Waals surface area contributed by atoms with E-state index in [0.29, 0.717) is 50.5 Å². The molecular formula is C32H47N9O4. The van der Waals surface area contributed by atoms with Gasteiger partial charge < -0.3 is 43.2 Å². The Hall–Kier alpha value is -4.49. The fourth-order valence-corrected chi connectivity index (χ4v) is 5.07. The maximum absolute atomic E-state index is 13.9. The van der Waals surface area contributed by atoms with Gasteiger partial charge >= 0.3 is 0 Å². The van der Waals surface area contributed by atoms with Crippen molar-refractivity contribution in [3.63, 3.8) is 0 Å². The van der Waals surface area contributed by atoms with Gasteiger partial charge in [0.2, 0.25) is 17.7 Å². The summed E-state index contributed by atoms with van der Waals surface area (Å²) in [6.45, 7) is 4.53. The van der Waals surface area contributed by atoms with E-state index in [-0.39, 0.29) is 18.1 Å². The molecule has 0 aliphatic heterocycles. The number of phenolic OH excluding ortho intramolecular Hbond substituents is 1. The van der Waals surface area contributed by atoms with E-state index in [1.54, 1.807) is 12.1 Å². The number of aliphatic imine (C=N–C) groups is 1. The Morgan fingerprint density at radius 1 is 0.978 bits per heavy atom. The van der Waals surface area contributed by atoms with Gasteiger partial charge in [-0.15, -0.1) is 0 Å². The number of hydrogen-bond donors (Lipinski definition) is 7. The van der Waals surface area contributed by atoms with Gasteiger partial charge in [-0.05, 0) is 93.3 Å². The number of carbonyl (C=O) groups is 2. The zero-order valence-electron chi connectivity index (χ0n) is 26.2. The molecule has 3 aromatic rings. The van der Waals surface area contributed by atoms with Crippen LogP contribution < -0.4 is 33.6 Å².